The Hall–Kier alpha value is -2.08. The lowest BCUT2D eigenvalue weighted by molar-refractivity contribution is 0.156. The molecule has 0 aliphatic carbocycles. The zero-order valence-corrected chi connectivity index (χ0v) is 14.9. The van der Waals surface area contributed by atoms with E-state index in [9.17, 15) is 0 Å². The first-order valence-electron chi connectivity index (χ1n) is 9.33. The van der Waals surface area contributed by atoms with Gasteiger partial charge < -0.3 is 19.9 Å². The van der Waals surface area contributed by atoms with Gasteiger partial charge in [-0.05, 0) is 31.9 Å². The topological polar surface area (TPSA) is 65.5 Å². The van der Waals surface area contributed by atoms with Crippen LogP contribution in [0.25, 0.3) is 11.0 Å². The molecule has 0 saturated carbocycles. The minimum atomic E-state index is 0.356. The summed E-state index contributed by atoms with van der Waals surface area (Å²) in [5, 5.41) is 3.45. The fraction of sp³-hybridized carbons (Fsp3) is 0.579. The normalized spacial score (nSPS) is 23.9. The summed E-state index contributed by atoms with van der Waals surface area (Å²) in [7, 11) is 0. The van der Waals surface area contributed by atoms with Crippen molar-refractivity contribution in [2.45, 2.75) is 26.2 Å². The molecule has 0 radical (unpaired) electrons. The second-order valence-electron chi connectivity index (χ2n) is 7.16. The molecule has 2 aromatic rings. The SMILES string of the molecule is CCNC(=NCCc1nc2ccccc2[nH]1)N1CCC2(CCOC2)C1. The second-order valence-corrected chi connectivity index (χ2v) is 7.16. The summed E-state index contributed by atoms with van der Waals surface area (Å²) >= 11 is 0. The van der Waals surface area contributed by atoms with Crippen molar-refractivity contribution in [1.29, 1.82) is 0 Å². The molecule has 6 nitrogen and oxygen atoms in total. The molecular formula is C19H27N5O. The summed E-state index contributed by atoms with van der Waals surface area (Å²) in [6, 6.07) is 8.15. The van der Waals surface area contributed by atoms with Crippen LogP contribution in [0.1, 0.15) is 25.6 Å². The van der Waals surface area contributed by atoms with Gasteiger partial charge in [0.25, 0.3) is 0 Å². The van der Waals surface area contributed by atoms with E-state index in [1.807, 2.05) is 18.2 Å². The Kier molecular flexibility index (Phi) is 4.61. The lowest BCUT2D eigenvalue weighted by Crippen LogP contribution is -2.41. The summed E-state index contributed by atoms with van der Waals surface area (Å²) in [5.74, 6) is 2.03. The number of guanidine groups is 1. The van der Waals surface area contributed by atoms with Crippen molar-refractivity contribution in [3.63, 3.8) is 0 Å². The minimum absolute atomic E-state index is 0.356. The van der Waals surface area contributed by atoms with Crippen LogP contribution in [-0.2, 0) is 11.2 Å². The summed E-state index contributed by atoms with van der Waals surface area (Å²) in [6.45, 7) is 7.70. The van der Waals surface area contributed by atoms with E-state index >= 15 is 0 Å². The number of likely N-dealkylation sites (tertiary alicyclic amines) is 1. The molecule has 2 aliphatic heterocycles. The van der Waals surface area contributed by atoms with Crippen LogP contribution in [0, 0.1) is 5.41 Å². The Morgan fingerprint density at radius 2 is 2.32 bits per heavy atom. The maximum Gasteiger partial charge on any atom is 0.193 e. The number of aromatic amines is 1. The molecule has 0 bridgehead atoms. The average Bonchev–Trinajstić information content (AvgIpc) is 3.35. The molecule has 1 atom stereocenters. The van der Waals surface area contributed by atoms with Gasteiger partial charge in [-0.1, -0.05) is 12.1 Å². The van der Waals surface area contributed by atoms with E-state index in [1.54, 1.807) is 0 Å². The standard InChI is InChI=1S/C19H27N5O/c1-2-20-18(24-11-8-19(13-24)9-12-25-14-19)21-10-7-17-22-15-5-3-4-6-16(15)23-17/h3-6H,2,7-14H2,1H3,(H,20,21)(H,22,23). The number of para-hydroxylation sites is 2. The van der Waals surface area contributed by atoms with Crippen molar-refractivity contribution < 1.29 is 4.74 Å². The maximum atomic E-state index is 5.64. The number of imidazole rings is 1. The number of aromatic nitrogens is 2. The monoisotopic (exact) mass is 341 g/mol. The Balaban J connectivity index is 1.40. The Bertz CT molecular complexity index is 714. The van der Waals surface area contributed by atoms with Gasteiger partial charge in [-0.2, -0.15) is 0 Å². The lowest BCUT2D eigenvalue weighted by atomic mass is 9.87. The number of rotatable bonds is 4. The Morgan fingerprint density at radius 3 is 3.12 bits per heavy atom. The van der Waals surface area contributed by atoms with E-state index in [0.717, 1.165) is 68.6 Å². The van der Waals surface area contributed by atoms with Gasteiger partial charge in [0.1, 0.15) is 5.82 Å². The number of ether oxygens (including phenoxy) is 1. The number of aliphatic imine (C=N–C) groups is 1. The highest BCUT2D eigenvalue weighted by molar-refractivity contribution is 5.80. The number of nitrogens with zero attached hydrogens (tertiary/aromatic N) is 3. The van der Waals surface area contributed by atoms with Crippen molar-refractivity contribution >= 4 is 17.0 Å². The first-order chi connectivity index (χ1) is 12.3. The Labute approximate surface area is 148 Å². The molecule has 1 aromatic heterocycles. The predicted octanol–water partition coefficient (Wildman–Crippen LogP) is 2.18. The van der Waals surface area contributed by atoms with Crippen LogP contribution in [0.4, 0.5) is 0 Å². The number of hydrogen-bond acceptors (Lipinski definition) is 3. The molecule has 0 amide bonds. The fourth-order valence-corrected chi connectivity index (χ4v) is 3.90. The summed E-state index contributed by atoms with van der Waals surface area (Å²) in [4.78, 5) is 15.3. The molecule has 6 heteroatoms. The molecule has 2 saturated heterocycles. The number of hydrogen-bond donors (Lipinski definition) is 2. The molecular weight excluding hydrogens is 314 g/mol. The van der Waals surface area contributed by atoms with E-state index in [0.29, 0.717) is 5.41 Å². The third kappa shape index (κ3) is 3.49. The quantitative estimate of drug-likeness (QED) is 0.661. The van der Waals surface area contributed by atoms with Crippen LogP contribution in [0.2, 0.25) is 0 Å². The molecule has 25 heavy (non-hydrogen) atoms. The second kappa shape index (κ2) is 7.04. The van der Waals surface area contributed by atoms with E-state index < -0.39 is 0 Å². The summed E-state index contributed by atoms with van der Waals surface area (Å²) < 4.78 is 5.64. The number of benzene rings is 1. The maximum absolute atomic E-state index is 5.64. The minimum Gasteiger partial charge on any atom is -0.381 e. The molecule has 4 rings (SSSR count). The molecule has 2 aliphatic rings. The molecule has 3 heterocycles. The van der Waals surface area contributed by atoms with Gasteiger partial charge >= 0.3 is 0 Å². The van der Waals surface area contributed by atoms with Crippen molar-refractivity contribution in [3.05, 3.63) is 30.1 Å². The van der Waals surface area contributed by atoms with E-state index in [2.05, 4.69) is 33.2 Å². The lowest BCUT2D eigenvalue weighted by Gasteiger charge is -2.24. The zero-order chi connectivity index (χ0) is 17.1. The van der Waals surface area contributed by atoms with Crippen LogP contribution < -0.4 is 5.32 Å². The molecule has 2 fully saturated rings. The van der Waals surface area contributed by atoms with Crippen molar-refractivity contribution in [2.24, 2.45) is 10.4 Å². The predicted molar refractivity (Wildman–Crippen MR) is 99.8 cm³/mol. The van der Waals surface area contributed by atoms with E-state index in [1.165, 1.54) is 12.8 Å². The van der Waals surface area contributed by atoms with Crippen molar-refractivity contribution in [3.8, 4) is 0 Å². The van der Waals surface area contributed by atoms with E-state index in [-0.39, 0.29) is 0 Å². The molecule has 134 valence electrons. The summed E-state index contributed by atoms with van der Waals surface area (Å²) in [6.07, 6.45) is 3.22. The van der Waals surface area contributed by atoms with Gasteiger partial charge in [-0.15, -0.1) is 0 Å². The molecule has 1 aromatic carbocycles. The van der Waals surface area contributed by atoms with Gasteiger partial charge in [0.15, 0.2) is 5.96 Å². The number of H-pyrrole nitrogens is 1. The van der Waals surface area contributed by atoms with Crippen LogP contribution in [0.15, 0.2) is 29.3 Å². The molecule has 2 N–H and O–H groups in total. The largest absolute Gasteiger partial charge is 0.381 e. The van der Waals surface area contributed by atoms with Gasteiger partial charge in [-0.3, -0.25) is 4.99 Å². The fourth-order valence-electron chi connectivity index (χ4n) is 3.90. The van der Waals surface area contributed by atoms with Gasteiger partial charge in [-0.25, -0.2) is 4.98 Å². The van der Waals surface area contributed by atoms with Crippen LogP contribution in [0.5, 0.6) is 0 Å². The third-order valence-corrected chi connectivity index (χ3v) is 5.31. The highest BCUT2D eigenvalue weighted by atomic mass is 16.5. The number of nitrogens with one attached hydrogen (secondary N) is 2. The van der Waals surface area contributed by atoms with Crippen LogP contribution in [-0.4, -0.2) is 60.2 Å². The average molecular weight is 341 g/mol. The molecule has 1 spiro atoms. The third-order valence-electron chi connectivity index (χ3n) is 5.31. The number of fused-ring (bicyclic) bond motifs is 1. The van der Waals surface area contributed by atoms with Gasteiger partial charge in [0.2, 0.25) is 0 Å². The summed E-state index contributed by atoms with van der Waals surface area (Å²) in [5.41, 5.74) is 2.47. The van der Waals surface area contributed by atoms with Crippen LogP contribution >= 0.6 is 0 Å². The Morgan fingerprint density at radius 1 is 1.40 bits per heavy atom. The zero-order valence-electron chi connectivity index (χ0n) is 14.9. The van der Waals surface area contributed by atoms with Crippen molar-refractivity contribution in [2.75, 3.05) is 39.4 Å². The smallest absolute Gasteiger partial charge is 0.193 e. The van der Waals surface area contributed by atoms with E-state index in [4.69, 9.17) is 9.73 Å². The first-order valence-corrected chi connectivity index (χ1v) is 9.33. The van der Waals surface area contributed by atoms with Crippen molar-refractivity contribution in [1.82, 2.24) is 20.2 Å². The van der Waals surface area contributed by atoms with Gasteiger partial charge in [0.05, 0.1) is 17.6 Å². The molecule has 1 unspecified atom stereocenters. The highest BCUT2D eigenvalue weighted by Crippen LogP contribution is 2.38. The highest BCUT2D eigenvalue weighted by Gasteiger charge is 2.42. The van der Waals surface area contributed by atoms with Crippen LogP contribution in [0.3, 0.4) is 0 Å². The first kappa shape index (κ1) is 16.4. The van der Waals surface area contributed by atoms with Gasteiger partial charge in [0, 0.05) is 44.6 Å².